The van der Waals surface area contributed by atoms with Crippen LogP contribution in [-0.4, -0.2) is 32.2 Å². The Morgan fingerprint density at radius 1 is 1.39 bits per heavy atom. The molecule has 0 saturated carbocycles. The second-order valence-electron chi connectivity index (χ2n) is 3.29. The number of aromatic carboxylic acids is 1. The molecular weight excluding hydrogens is 240 g/mol. The Morgan fingerprint density at radius 2 is 2.17 bits per heavy atom. The molecule has 2 aromatic rings. The van der Waals surface area contributed by atoms with Crippen LogP contribution in [0.3, 0.4) is 0 Å². The van der Waals surface area contributed by atoms with Crippen LogP contribution in [0.5, 0.6) is 0 Å². The Kier molecular flexibility index (Phi) is 3.00. The molecule has 2 N–H and O–H groups in total. The van der Waals surface area contributed by atoms with Gasteiger partial charge in [0.1, 0.15) is 5.69 Å². The third-order valence-electron chi connectivity index (χ3n) is 2.00. The Bertz CT molecular complexity index is 607. The zero-order chi connectivity index (χ0) is 13.1. The van der Waals surface area contributed by atoms with E-state index in [1.54, 1.807) is 6.92 Å². The molecule has 8 nitrogen and oxygen atoms in total. The maximum absolute atomic E-state index is 11.8. The summed E-state index contributed by atoms with van der Waals surface area (Å²) < 4.78 is 4.95. The first-order valence-corrected chi connectivity index (χ1v) is 4.87. The van der Waals surface area contributed by atoms with Crippen molar-refractivity contribution in [3.8, 4) is 0 Å². The Labute approximate surface area is 101 Å². The van der Waals surface area contributed by atoms with E-state index in [0.29, 0.717) is 0 Å². The van der Waals surface area contributed by atoms with Gasteiger partial charge in [0.05, 0.1) is 5.56 Å². The SMILES string of the molecule is Cc1nnc(NC(=O)c2ncccc2C(=O)O)o1. The van der Waals surface area contributed by atoms with E-state index in [1.807, 2.05) is 0 Å². The molecule has 0 bridgehead atoms. The summed E-state index contributed by atoms with van der Waals surface area (Å²) in [6.45, 7) is 1.56. The molecule has 18 heavy (non-hydrogen) atoms. The maximum Gasteiger partial charge on any atom is 0.338 e. The van der Waals surface area contributed by atoms with Crippen molar-refractivity contribution in [3.63, 3.8) is 0 Å². The maximum atomic E-state index is 11.8. The first-order chi connectivity index (χ1) is 8.58. The van der Waals surface area contributed by atoms with E-state index >= 15 is 0 Å². The van der Waals surface area contributed by atoms with Gasteiger partial charge in [-0.15, -0.1) is 5.10 Å². The third-order valence-corrected chi connectivity index (χ3v) is 2.00. The number of rotatable bonds is 3. The monoisotopic (exact) mass is 248 g/mol. The number of anilines is 1. The number of carboxylic acid groups (broad SMARTS) is 1. The molecule has 0 aliphatic carbocycles. The van der Waals surface area contributed by atoms with E-state index in [1.165, 1.54) is 18.3 Å². The molecule has 0 aliphatic rings. The molecule has 8 heteroatoms. The Morgan fingerprint density at radius 3 is 2.78 bits per heavy atom. The van der Waals surface area contributed by atoms with Crippen LogP contribution < -0.4 is 5.32 Å². The lowest BCUT2D eigenvalue weighted by atomic mass is 10.2. The summed E-state index contributed by atoms with van der Waals surface area (Å²) in [5, 5.41) is 18.3. The van der Waals surface area contributed by atoms with Gasteiger partial charge < -0.3 is 9.52 Å². The summed E-state index contributed by atoms with van der Waals surface area (Å²) in [7, 11) is 0. The molecule has 1 amide bonds. The minimum absolute atomic E-state index is 0.112. The molecular formula is C10H8N4O4. The summed E-state index contributed by atoms with van der Waals surface area (Å²) in [5.74, 6) is -1.68. The molecule has 0 spiro atoms. The van der Waals surface area contributed by atoms with E-state index in [2.05, 4.69) is 20.5 Å². The zero-order valence-electron chi connectivity index (χ0n) is 9.25. The Balaban J connectivity index is 2.26. The van der Waals surface area contributed by atoms with Gasteiger partial charge in [-0.1, -0.05) is 5.10 Å². The van der Waals surface area contributed by atoms with Gasteiger partial charge in [0, 0.05) is 13.1 Å². The van der Waals surface area contributed by atoms with Gasteiger partial charge in [-0.05, 0) is 12.1 Å². The van der Waals surface area contributed by atoms with Crippen molar-refractivity contribution in [1.82, 2.24) is 15.2 Å². The first-order valence-electron chi connectivity index (χ1n) is 4.87. The number of aromatic nitrogens is 3. The number of carbonyl (C=O) groups excluding carboxylic acids is 1. The van der Waals surface area contributed by atoms with E-state index < -0.39 is 11.9 Å². The van der Waals surface area contributed by atoms with E-state index in [0.717, 1.165) is 0 Å². The molecule has 2 aromatic heterocycles. The van der Waals surface area contributed by atoms with Gasteiger partial charge in [-0.3, -0.25) is 15.1 Å². The van der Waals surface area contributed by atoms with Gasteiger partial charge >= 0.3 is 12.0 Å². The molecule has 0 fully saturated rings. The highest BCUT2D eigenvalue weighted by molar-refractivity contribution is 6.08. The second kappa shape index (κ2) is 4.62. The number of carbonyl (C=O) groups is 2. The molecule has 92 valence electrons. The lowest BCUT2D eigenvalue weighted by molar-refractivity contribution is 0.0691. The standard InChI is InChI=1S/C10H8N4O4/c1-5-13-14-10(18-5)12-8(15)7-6(9(16)17)3-2-4-11-7/h2-4H,1H3,(H,16,17)(H,12,14,15). The molecule has 0 aromatic carbocycles. The topological polar surface area (TPSA) is 118 Å². The van der Waals surface area contributed by atoms with Crippen molar-refractivity contribution in [2.75, 3.05) is 5.32 Å². The highest BCUT2D eigenvalue weighted by Gasteiger charge is 2.19. The average Bonchev–Trinajstić information content (AvgIpc) is 2.74. The van der Waals surface area contributed by atoms with Crippen molar-refractivity contribution in [3.05, 3.63) is 35.5 Å². The fraction of sp³-hybridized carbons (Fsp3) is 0.100. The van der Waals surface area contributed by atoms with Gasteiger partial charge in [0.15, 0.2) is 0 Å². The molecule has 2 heterocycles. The number of amides is 1. The summed E-state index contributed by atoms with van der Waals surface area (Å²) >= 11 is 0. The predicted molar refractivity (Wildman–Crippen MR) is 58.2 cm³/mol. The van der Waals surface area contributed by atoms with Gasteiger partial charge in [-0.25, -0.2) is 4.79 Å². The van der Waals surface area contributed by atoms with Crippen LogP contribution in [0.25, 0.3) is 0 Å². The van der Waals surface area contributed by atoms with Crippen molar-refractivity contribution < 1.29 is 19.1 Å². The third kappa shape index (κ3) is 2.32. The molecule has 0 saturated heterocycles. The predicted octanol–water partition coefficient (Wildman–Crippen LogP) is 0.724. The lowest BCUT2D eigenvalue weighted by Gasteiger charge is -2.02. The first kappa shape index (κ1) is 11.7. The molecule has 0 radical (unpaired) electrons. The van der Waals surface area contributed by atoms with Crippen LogP contribution in [0.15, 0.2) is 22.7 Å². The Hall–Kier alpha value is -2.77. The van der Waals surface area contributed by atoms with Gasteiger partial charge in [0.2, 0.25) is 5.89 Å². The van der Waals surface area contributed by atoms with Crippen LogP contribution in [0.2, 0.25) is 0 Å². The highest BCUT2D eigenvalue weighted by atomic mass is 16.4. The number of nitrogens with zero attached hydrogens (tertiary/aromatic N) is 3. The smallest absolute Gasteiger partial charge is 0.338 e. The molecule has 0 unspecified atom stereocenters. The highest BCUT2D eigenvalue weighted by Crippen LogP contribution is 2.09. The normalized spacial score (nSPS) is 10.1. The largest absolute Gasteiger partial charge is 0.478 e. The fourth-order valence-electron chi connectivity index (χ4n) is 1.26. The van der Waals surface area contributed by atoms with Crippen LogP contribution in [0.1, 0.15) is 26.7 Å². The zero-order valence-corrected chi connectivity index (χ0v) is 9.25. The van der Waals surface area contributed by atoms with Crippen molar-refractivity contribution in [2.24, 2.45) is 0 Å². The summed E-state index contributed by atoms with van der Waals surface area (Å²) in [5.41, 5.74) is -0.424. The van der Waals surface area contributed by atoms with E-state index in [4.69, 9.17) is 9.52 Å². The number of pyridine rings is 1. The summed E-state index contributed by atoms with van der Waals surface area (Å²) in [6.07, 6.45) is 1.32. The van der Waals surface area contributed by atoms with Crippen molar-refractivity contribution in [2.45, 2.75) is 6.92 Å². The van der Waals surface area contributed by atoms with Crippen LogP contribution in [-0.2, 0) is 0 Å². The lowest BCUT2D eigenvalue weighted by Crippen LogP contribution is -2.18. The molecule has 2 rings (SSSR count). The van der Waals surface area contributed by atoms with Crippen LogP contribution in [0, 0.1) is 6.92 Å². The number of carboxylic acids is 1. The number of hydrogen-bond donors (Lipinski definition) is 2. The van der Waals surface area contributed by atoms with Gasteiger partial charge in [0.25, 0.3) is 5.91 Å². The number of hydrogen-bond acceptors (Lipinski definition) is 6. The van der Waals surface area contributed by atoms with Crippen LogP contribution in [0.4, 0.5) is 6.01 Å². The number of nitrogens with one attached hydrogen (secondary N) is 1. The second-order valence-corrected chi connectivity index (χ2v) is 3.29. The van der Waals surface area contributed by atoms with E-state index in [-0.39, 0.29) is 23.2 Å². The summed E-state index contributed by atoms with van der Waals surface area (Å²) in [6, 6.07) is 2.60. The van der Waals surface area contributed by atoms with Gasteiger partial charge in [-0.2, -0.15) is 0 Å². The molecule has 0 atom stereocenters. The fourth-order valence-corrected chi connectivity index (χ4v) is 1.26. The minimum Gasteiger partial charge on any atom is -0.478 e. The minimum atomic E-state index is -1.24. The average molecular weight is 248 g/mol. The van der Waals surface area contributed by atoms with Crippen LogP contribution >= 0.6 is 0 Å². The number of aryl methyl sites for hydroxylation is 1. The molecule has 0 aliphatic heterocycles. The van der Waals surface area contributed by atoms with Crippen molar-refractivity contribution in [1.29, 1.82) is 0 Å². The quantitative estimate of drug-likeness (QED) is 0.821. The van der Waals surface area contributed by atoms with Crippen molar-refractivity contribution >= 4 is 17.9 Å². The summed E-state index contributed by atoms with van der Waals surface area (Å²) in [4.78, 5) is 26.4. The van der Waals surface area contributed by atoms with E-state index in [9.17, 15) is 9.59 Å².